The average Bonchev–Trinajstić information content (AvgIpc) is 3.08. The Hall–Kier alpha value is -2.20. The normalized spacial score (nSPS) is 16.7. The van der Waals surface area contributed by atoms with Gasteiger partial charge < -0.3 is 10.1 Å². The lowest BCUT2D eigenvalue weighted by Gasteiger charge is -2.30. The number of nitrogens with one attached hydrogen (secondary N) is 1. The highest BCUT2D eigenvalue weighted by Crippen LogP contribution is 2.23. The third-order valence-electron chi connectivity index (χ3n) is 4.22. The van der Waals surface area contributed by atoms with Crippen molar-refractivity contribution in [2.24, 2.45) is 0 Å². The van der Waals surface area contributed by atoms with E-state index in [0.29, 0.717) is 31.3 Å². The molecule has 3 heterocycles. The van der Waals surface area contributed by atoms with Gasteiger partial charge in [-0.05, 0) is 12.8 Å². The molecule has 1 fully saturated rings. The number of hydrogen-bond acceptors (Lipinski definition) is 7. The van der Waals surface area contributed by atoms with E-state index in [4.69, 9.17) is 4.74 Å². The van der Waals surface area contributed by atoms with Gasteiger partial charge in [0.25, 0.3) is 0 Å². The van der Waals surface area contributed by atoms with Crippen LogP contribution in [0.3, 0.4) is 0 Å². The summed E-state index contributed by atoms with van der Waals surface area (Å²) < 4.78 is 31.6. The SMILES string of the molecule is COc1cncc(NCc2cnn(C3CCN(S(C)(=O)=O)CC3)c2)n1. The van der Waals surface area contributed by atoms with Gasteiger partial charge in [0.1, 0.15) is 5.82 Å². The Balaban J connectivity index is 1.56. The number of piperidine rings is 1. The molecule has 1 aliphatic rings. The molecule has 2 aromatic rings. The summed E-state index contributed by atoms with van der Waals surface area (Å²) in [5.74, 6) is 1.09. The number of hydrogen-bond donors (Lipinski definition) is 1. The van der Waals surface area contributed by atoms with E-state index in [1.807, 2.05) is 17.1 Å². The third-order valence-corrected chi connectivity index (χ3v) is 5.52. The molecule has 1 aliphatic heterocycles. The molecule has 9 nitrogen and oxygen atoms in total. The average molecular weight is 366 g/mol. The van der Waals surface area contributed by atoms with Crippen LogP contribution in [0.4, 0.5) is 5.82 Å². The van der Waals surface area contributed by atoms with Gasteiger partial charge in [-0.15, -0.1) is 0 Å². The number of nitrogens with zero attached hydrogens (tertiary/aromatic N) is 5. The molecule has 1 N–H and O–H groups in total. The molecule has 0 bridgehead atoms. The van der Waals surface area contributed by atoms with Crippen LogP contribution in [0.2, 0.25) is 0 Å². The van der Waals surface area contributed by atoms with Crippen molar-refractivity contribution in [3.8, 4) is 5.88 Å². The summed E-state index contributed by atoms with van der Waals surface area (Å²) in [6.45, 7) is 1.65. The van der Waals surface area contributed by atoms with Crippen molar-refractivity contribution >= 4 is 15.8 Å². The topological polar surface area (TPSA) is 102 Å². The molecule has 3 rings (SSSR count). The summed E-state index contributed by atoms with van der Waals surface area (Å²) in [4.78, 5) is 8.30. The molecule has 0 aromatic carbocycles. The van der Waals surface area contributed by atoms with Gasteiger partial charge >= 0.3 is 0 Å². The van der Waals surface area contributed by atoms with Gasteiger partial charge in [0, 0.05) is 31.4 Å². The first-order valence-electron chi connectivity index (χ1n) is 8.04. The highest BCUT2D eigenvalue weighted by molar-refractivity contribution is 7.88. The van der Waals surface area contributed by atoms with Gasteiger partial charge in [-0.2, -0.15) is 10.1 Å². The van der Waals surface area contributed by atoms with Crippen LogP contribution in [0, 0.1) is 0 Å². The molecule has 0 unspecified atom stereocenters. The van der Waals surface area contributed by atoms with E-state index in [-0.39, 0.29) is 6.04 Å². The quantitative estimate of drug-likeness (QED) is 0.810. The molecule has 0 aliphatic carbocycles. The lowest BCUT2D eigenvalue weighted by atomic mass is 10.1. The van der Waals surface area contributed by atoms with E-state index in [9.17, 15) is 8.42 Å². The van der Waals surface area contributed by atoms with Crippen LogP contribution >= 0.6 is 0 Å². The summed E-state index contributed by atoms with van der Waals surface area (Å²) >= 11 is 0. The summed E-state index contributed by atoms with van der Waals surface area (Å²) in [7, 11) is -1.55. The minimum absolute atomic E-state index is 0.225. The number of ether oxygens (including phenoxy) is 1. The Morgan fingerprint density at radius 3 is 2.72 bits per heavy atom. The highest BCUT2D eigenvalue weighted by Gasteiger charge is 2.26. The molecule has 1 saturated heterocycles. The first-order valence-corrected chi connectivity index (χ1v) is 9.88. The Bertz CT molecular complexity index is 814. The van der Waals surface area contributed by atoms with Crippen LogP contribution in [-0.4, -0.2) is 58.9 Å². The number of methoxy groups -OCH3 is 1. The van der Waals surface area contributed by atoms with Crippen molar-refractivity contribution in [2.75, 3.05) is 31.8 Å². The van der Waals surface area contributed by atoms with Crippen LogP contribution in [0.5, 0.6) is 5.88 Å². The summed E-state index contributed by atoms with van der Waals surface area (Å²) in [6, 6.07) is 0.225. The van der Waals surface area contributed by atoms with Crippen molar-refractivity contribution in [1.29, 1.82) is 0 Å². The van der Waals surface area contributed by atoms with Crippen LogP contribution in [0.1, 0.15) is 24.4 Å². The van der Waals surface area contributed by atoms with E-state index >= 15 is 0 Å². The predicted octanol–water partition coefficient (Wildman–Crippen LogP) is 0.890. The van der Waals surface area contributed by atoms with Gasteiger partial charge in [-0.25, -0.2) is 12.7 Å². The monoisotopic (exact) mass is 366 g/mol. The molecular formula is C15H22N6O3S. The molecule has 0 saturated carbocycles. The van der Waals surface area contributed by atoms with Crippen LogP contribution < -0.4 is 10.1 Å². The van der Waals surface area contributed by atoms with Gasteiger partial charge in [0.05, 0.1) is 38.0 Å². The van der Waals surface area contributed by atoms with Gasteiger partial charge in [-0.3, -0.25) is 9.67 Å². The summed E-state index contributed by atoms with van der Waals surface area (Å²) in [5.41, 5.74) is 1.02. The van der Waals surface area contributed by atoms with Crippen molar-refractivity contribution < 1.29 is 13.2 Å². The fraction of sp³-hybridized carbons (Fsp3) is 0.533. The number of aromatic nitrogens is 4. The van der Waals surface area contributed by atoms with Gasteiger partial charge in [0.2, 0.25) is 15.9 Å². The molecule has 0 radical (unpaired) electrons. The van der Waals surface area contributed by atoms with Crippen LogP contribution in [0.15, 0.2) is 24.8 Å². The second-order valence-electron chi connectivity index (χ2n) is 6.02. The Morgan fingerprint density at radius 2 is 2.04 bits per heavy atom. The molecule has 2 aromatic heterocycles. The molecule has 25 heavy (non-hydrogen) atoms. The molecule has 0 atom stereocenters. The molecular weight excluding hydrogens is 344 g/mol. The summed E-state index contributed by atoms with van der Waals surface area (Å²) in [5, 5.41) is 7.61. The van der Waals surface area contributed by atoms with E-state index in [1.165, 1.54) is 10.6 Å². The fourth-order valence-electron chi connectivity index (χ4n) is 2.83. The Kier molecular flexibility index (Phi) is 5.19. The third kappa shape index (κ3) is 4.45. The minimum atomic E-state index is -3.10. The maximum absolute atomic E-state index is 11.6. The smallest absolute Gasteiger partial charge is 0.233 e. The van der Waals surface area contributed by atoms with Gasteiger partial charge in [0.15, 0.2) is 0 Å². The first-order chi connectivity index (χ1) is 12.0. The van der Waals surface area contributed by atoms with Gasteiger partial charge in [-0.1, -0.05) is 0 Å². The fourth-order valence-corrected chi connectivity index (χ4v) is 3.71. The standard InChI is InChI=1S/C15H22N6O3S/c1-24-15-10-16-9-14(19-15)17-7-12-8-18-21(11-12)13-3-5-20(6-4-13)25(2,22)23/h8-11,13H,3-7H2,1-2H3,(H,17,19). The number of sulfonamides is 1. The summed E-state index contributed by atoms with van der Waals surface area (Å²) in [6.07, 6.45) is 9.77. The lowest BCUT2D eigenvalue weighted by Crippen LogP contribution is -2.38. The zero-order valence-electron chi connectivity index (χ0n) is 14.3. The maximum Gasteiger partial charge on any atom is 0.233 e. The maximum atomic E-state index is 11.6. The number of rotatable bonds is 6. The molecule has 0 spiro atoms. The second kappa shape index (κ2) is 7.36. The largest absolute Gasteiger partial charge is 0.480 e. The lowest BCUT2D eigenvalue weighted by molar-refractivity contribution is 0.262. The van der Waals surface area contributed by atoms with E-state index in [1.54, 1.807) is 19.5 Å². The highest BCUT2D eigenvalue weighted by atomic mass is 32.2. The molecule has 0 amide bonds. The number of anilines is 1. The molecule has 10 heteroatoms. The minimum Gasteiger partial charge on any atom is -0.480 e. The van der Waals surface area contributed by atoms with E-state index in [2.05, 4.69) is 20.4 Å². The van der Waals surface area contributed by atoms with Crippen molar-refractivity contribution in [1.82, 2.24) is 24.1 Å². The van der Waals surface area contributed by atoms with E-state index < -0.39 is 10.0 Å². The predicted molar refractivity (Wildman–Crippen MR) is 92.8 cm³/mol. The van der Waals surface area contributed by atoms with Crippen LogP contribution in [-0.2, 0) is 16.6 Å². The Morgan fingerprint density at radius 1 is 1.28 bits per heavy atom. The zero-order valence-corrected chi connectivity index (χ0v) is 15.1. The van der Waals surface area contributed by atoms with Crippen LogP contribution in [0.25, 0.3) is 0 Å². The second-order valence-corrected chi connectivity index (χ2v) is 8.00. The van der Waals surface area contributed by atoms with E-state index in [0.717, 1.165) is 18.4 Å². The van der Waals surface area contributed by atoms with Crippen molar-refractivity contribution in [3.05, 3.63) is 30.4 Å². The van der Waals surface area contributed by atoms with Crippen molar-refractivity contribution in [3.63, 3.8) is 0 Å². The zero-order chi connectivity index (χ0) is 17.9. The molecule has 136 valence electrons. The Labute approximate surface area is 147 Å². The first kappa shape index (κ1) is 17.6. The van der Waals surface area contributed by atoms with Crippen molar-refractivity contribution in [2.45, 2.75) is 25.4 Å².